The lowest BCUT2D eigenvalue weighted by molar-refractivity contribution is -0.000270. The first-order valence-corrected chi connectivity index (χ1v) is 9.53. The summed E-state index contributed by atoms with van der Waals surface area (Å²) < 4.78 is 10.7. The van der Waals surface area contributed by atoms with Crippen molar-refractivity contribution >= 4 is 18.0 Å². The Bertz CT molecular complexity index is 665. The van der Waals surface area contributed by atoms with Crippen LogP contribution in [0.4, 0.5) is 9.59 Å². The van der Waals surface area contributed by atoms with E-state index in [1.807, 2.05) is 13.8 Å². The van der Waals surface area contributed by atoms with Crippen molar-refractivity contribution in [2.45, 2.75) is 79.6 Å². The van der Waals surface area contributed by atoms with Crippen LogP contribution >= 0.6 is 0 Å². The maximum absolute atomic E-state index is 12.5. The van der Waals surface area contributed by atoms with Crippen molar-refractivity contribution in [2.75, 3.05) is 0 Å². The number of hydrogen-bond acceptors (Lipinski definition) is 5. The van der Waals surface area contributed by atoms with Crippen molar-refractivity contribution in [1.82, 2.24) is 4.90 Å². The van der Waals surface area contributed by atoms with Gasteiger partial charge in [-0.2, -0.15) is 0 Å². The van der Waals surface area contributed by atoms with Crippen LogP contribution in [-0.4, -0.2) is 34.1 Å². The number of amides is 2. The Morgan fingerprint density at radius 3 is 1.64 bits per heavy atom. The highest BCUT2D eigenvalue weighted by Crippen LogP contribution is 2.18. The standard InChI is InChI=1S/C22H33NO5/c1-15(2)13-18(24)17-11-9-16(10-12-17)14-23(19(25)27-21(3,4)5)20(26)28-22(6,7)8/h9-12,15H,13-14H2,1-8H3. The van der Waals surface area contributed by atoms with Gasteiger partial charge in [-0.3, -0.25) is 4.79 Å². The molecule has 0 fully saturated rings. The summed E-state index contributed by atoms with van der Waals surface area (Å²) in [5.74, 6) is 0.347. The molecule has 0 atom stereocenters. The first-order valence-electron chi connectivity index (χ1n) is 9.53. The number of Topliss-reactive ketones (excluding diaryl/α,β-unsaturated/α-hetero) is 1. The van der Waals surface area contributed by atoms with Crippen LogP contribution in [0.25, 0.3) is 0 Å². The number of ketones is 1. The van der Waals surface area contributed by atoms with E-state index in [2.05, 4.69) is 0 Å². The second-order valence-electron chi connectivity index (χ2n) is 9.26. The highest BCUT2D eigenvalue weighted by Gasteiger charge is 2.31. The zero-order chi connectivity index (χ0) is 21.7. The zero-order valence-electron chi connectivity index (χ0n) is 18.3. The Morgan fingerprint density at radius 1 is 0.857 bits per heavy atom. The lowest BCUT2D eigenvalue weighted by Crippen LogP contribution is -2.43. The minimum Gasteiger partial charge on any atom is -0.443 e. The maximum Gasteiger partial charge on any atom is 0.420 e. The van der Waals surface area contributed by atoms with Crippen molar-refractivity contribution < 1.29 is 23.9 Å². The molecule has 0 aliphatic heterocycles. The van der Waals surface area contributed by atoms with Gasteiger partial charge >= 0.3 is 12.2 Å². The summed E-state index contributed by atoms with van der Waals surface area (Å²) in [7, 11) is 0. The normalized spacial score (nSPS) is 11.9. The van der Waals surface area contributed by atoms with E-state index in [9.17, 15) is 14.4 Å². The Morgan fingerprint density at radius 2 is 1.29 bits per heavy atom. The summed E-state index contributed by atoms with van der Waals surface area (Å²) in [6.07, 6.45) is -1.08. The fraction of sp³-hybridized carbons (Fsp3) is 0.591. The molecule has 0 radical (unpaired) electrons. The number of carbonyl (C=O) groups is 3. The molecule has 0 bridgehead atoms. The second-order valence-corrected chi connectivity index (χ2v) is 9.26. The SMILES string of the molecule is CC(C)CC(=O)c1ccc(CN(C(=O)OC(C)(C)C)C(=O)OC(C)(C)C)cc1. The van der Waals surface area contributed by atoms with Gasteiger partial charge in [-0.15, -0.1) is 0 Å². The average molecular weight is 392 g/mol. The summed E-state index contributed by atoms with van der Waals surface area (Å²) >= 11 is 0. The van der Waals surface area contributed by atoms with E-state index in [-0.39, 0.29) is 18.2 Å². The molecule has 6 nitrogen and oxygen atoms in total. The third kappa shape index (κ3) is 8.55. The second kappa shape index (κ2) is 9.22. The number of carbonyl (C=O) groups excluding carboxylic acids is 3. The molecule has 0 aliphatic rings. The van der Waals surface area contributed by atoms with Gasteiger partial charge in [0.15, 0.2) is 5.78 Å². The molecule has 0 spiro atoms. The molecule has 0 aromatic heterocycles. The zero-order valence-corrected chi connectivity index (χ0v) is 18.3. The highest BCUT2D eigenvalue weighted by molar-refractivity contribution is 5.96. The van der Waals surface area contributed by atoms with Gasteiger partial charge in [0.1, 0.15) is 11.2 Å². The van der Waals surface area contributed by atoms with Crippen LogP contribution in [-0.2, 0) is 16.0 Å². The van der Waals surface area contributed by atoms with Crippen LogP contribution in [0.5, 0.6) is 0 Å². The molecule has 0 N–H and O–H groups in total. The minimum absolute atomic E-state index is 0.0114. The Balaban J connectivity index is 3.00. The van der Waals surface area contributed by atoms with E-state index < -0.39 is 23.4 Å². The summed E-state index contributed by atoms with van der Waals surface area (Å²) in [5.41, 5.74) is -0.189. The van der Waals surface area contributed by atoms with Gasteiger partial charge in [0, 0.05) is 12.0 Å². The van der Waals surface area contributed by atoms with E-state index in [1.54, 1.807) is 65.8 Å². The molecule has 156 valence electrons. The van der Waals surface area contributed by atoms with Gasteiger partial charge in [0.25, 0.3) is 0 Å². The number of nitrogens with zero attached hydrogens (tertiary/aromatic N) is 1. The Kier molecular flexibility index (Phi) is 7.79. The molecule has 28 heavy (non-hydrogen) atoms. The predicted molar refractivity (Wildman–Crippen MR) is 108 cm³/mol. The van der Waals surface area contributed by atoms with Crippen LogP contribution in [0, 0.1) is 5.92 Å². The number of imide groups is 1. The van der Waals surface area contributed by atoms with Crippen molar-refractivity contribution in [3.8, 4) is 0 Å². The van der Waals surface area contributed by atoms with Crippen LogP contribution in [0.15, 0.2) is 24.3 Å². The van der Waals surface area contributed by atoms with Gasteiger partial charge in [0.05, 0.1) is 6.54 Å². The fourth-order valence-electron chi connectivity index (χ4n) is 2.30. The maximum atomic E-state index is 12.5. The first-order chi connectivity index (χ1) is 12.7. The summed E-state index contributed by atoms with van der Waals surface area (Å²) in [6, 6.07) is 6.88. The Labute approximate surface area is 168 Å². The van der Waals surface area contributed by atoms with Crippen molar-refractivity contribution in [3.05, 3.63) is 35.4 Å². The molecular weight excluding hydrogens is 358 g/mol. The van der Waals surface area contributed by atoms with Gasteiger partial charge < -0.3 is 9.47 Å². The minimum atomic E-state index is -0.776. The van der Waals surface area contributed by atoms with Gasteiger partial charge in [-0.1, -0.05) is 38.1 Å². The fourth-order valence-corrected chi connectivity index (χ4v) is 2.30. The average Bonchev–Trinajstić information content (AvgIpc) is 2.48. The topological polar surface area (TPSA) is 72.9 Å². The van der Waals surface area contributed by atoms with Crippen molar-refractivity contribution in [2.24, 2.45) is 5.92 Å². The van der Waals surface area contributed by atoms with E-state index in [1.165, 1.54) is 0 Å². The molecule has 0 saturated heterocycles. The molecule has 0 heterocycles. The molecule has 2 amide bonds. The number of ether oxygens (including phenoxy) is 2. The molecule has 1 rings (SSSR count). The van der Waals surface area contributed by atoms with E-state index in [0.717, 1.165) is 4.90 Å². The van der Waals surface area contributed by atoms with Crippen LogP contribution < -0.4 is 0 Å². The number of rotatable bonds is 5. The van der Waals surface area contributed by atoms with E-state index in [4.69, 9.17) is 9.47 Å². The van der Waals surface area contributed by atoms with E-state index >= 15 is 0 Å². The monoisotopic (exact) mass is 391 g/mol. The Hall–Kier alpha value is -2.37. The molecule has 0 aliphatic carbocycles. The number of hydrogen-bond donors (Lipinski definition) is 0. The quantitative estimate of drug-likeness (QED) is 0.612. The van der Waals surface area contributed by atoms with Gasteiger partial charge in [0.2, 0.25) is 0 Å². The summed E-state index contributed by atoms with van der Waals surface area (Å²) in [6.45, 7) is 14.3. The predicted octanol–water partition coefficient (Wildman–Crippen LogP) is 5.59. The molecule has 1 aromatic rings. The number of benzene rings is 1. The van der Waals surface area contributed by atoms with Crippen LogP contribution in [0.3, 0.4) is 0 Å². The smallest absolute Gasteiger partial charge is 0.420 e. The van der Waals surface area contributed by atoms with Crippen LogP contribution in [0.2, 0.25) is 0 Å². The van der Waals surface area contributed by atoms with Gasteiger partial charge in [-0.25, -0.2) is 14.5 Å². The van der Waals surface area contributed by atoms with Crippen molar-refractivity contribution in [3.63, 3.8) is 0 Å². The molecule has 6 heteroatoms. The third-order valence-corrected chi connectivity index (χ3v) is 3.44. The lowest BCUT2D eigenvalue weighted by atomic mass is 10.0. The summed E-state index contributed by atoms with van der Waals surface area (Å²) in [5, 5.41) is 0. The third-order valence-electron chi connectivity index (χ3n) is 3.44. The van der Waals surface area contributed by atoms with Gasteiger partial charge in [-0.05, 0) is 53.0 Å². The molecule has 0 saturated carbocycles. The first kappa shape index (κ1) is 23.7. The molecule has 0 unspecified atom stereocenters. The molecular formula is C22H33NO5. The van der Waals surface area contributed by atoms with Crippen molar-refractivity contribution in [1.29, 1.82) is 0 Å². The lowest BCUT2D eigenvalue weighted by Gasteiger charge is -2.28. The van der Waals surface area contributed by atoms with E-state index in [0.29, 0.717) is 17.5 Å². The highest BCUT2D eigenvalue weighted by atomic mass is 16.6. The van der Waals surface area contributed by atoms with Crippen LogP contribution in [0.1, 0.15) is 77.7 Å². The molecule has 1 aromatic carbocycles. The summed E-state index contributed by atoms with van der Waals surface area (Å²) in [4.78, 5) is 38.2. The largest absolute Gasteiger partial charge is 0.443 e.